The fraction of sp³-hybridized carbons (Fsp3) is 0.333. The molecular weight excluding hydrogens is 158 g/mol. The molecule has 1 aliphatic heterocycles. The van der Waals surface area contributed by atoms with E-state index in [9.17, 15) is 0 Å². The molecule has 2 rings (SSSR count). The summed E-state index contributed by atoms with van der Waals surface area (Å²) in [7, 11) is 2.16. The van der Waals surface area contributed by atoms with E-state index in [2.05, 4.69) is 55.3 Å². The molecular formula is C12H15N. The van der Waals surface area contributed by atoms with Gasteiger partial charge in [-0.15, -0.1) is 0 Å². The minimum Gasteiger partial charge on any atom is -0.296 e. The number of hydrogen-bond donors (Lipinski definition) is 0. The van der Waals surface area contributed by atoms with Crippen molar-refractivity contribution in [1.82, 2.24) is 4.90 Å². The second-order valence-electron chi connectivity index (χ2n) is 3.64. The summed E-state index contributed by atoms with van der Waals surface area (Å²) in [5, 5.41) is 0. The smallest absolute Gasteiger partial charge is 0.0323 e. The Hall–Kier alpha value is -1.08. The molecule has 0 amide bonds. The van der Waals surface area contributed by atoms with Crippen molar-refractivity contribution in [3.63, 3.8) is 0 Å². The summed E-state index contributed by atoms with van der Waals surface area (Å²) in [5.41, 5.74) is 2.82. The van der Waals surface area contributed by atoms with Crippen molar-refractivity contribution in [3.05, 3.63) is 42.0 Å². The Morgan fingerprint density at radius 3 is 2.46 bits per heavy atom. The molecule has 0 unspecified atom stereocenters. The highest BCUT2D eigenvalue weighted by Crippen LogP contribution is 2.25. The van der Waals surface area contributed by atoms with Gasteiger partial charge in [-0.05, 0) is 25.1 Å². The van der Waals surface area contributed by atoms with Gasteiger partial charge in [-0.2, -0.15) is 0 Å². The number of nitrogens with zero attached hydrogens (tertiary/aromatic N) is 1. The van der Waals surface area contributed by atoms with Crippen LogP contribution in [0.1, 0.15) is 12.5 Å². The van der Waals surface area contributed by atoms with Gasteiger partial charge >= 0.3 is 0 Å². The van der Waals surface area contributed by atoms with Gasteiger partial charge in [-0.1, -0.05) is 36.4 Å². The molecule has 0 aromatic heterocycles. The summed E-state index contributed by atoms with van der Waals surface area (Å²) in [6, 6.07) is 11.2. The zero-order chi connectivity index (χ0) is 9.26. The van der Waals surface area contributed by atoms with Gasteiger partial charge in [0, 0.05) is 12.6 Å². The Balaban J connectivity index is 2.29. The lowest BCUT2D eigenvalue weighted by Crippen LogP contribution is -2.24. The summed E-state index contributed by atoms with van der Waals surface area (Å²) >= 11 is 0. The molecule has 0 aliphatic carbocycles. The third kappa shape index (κ3) is 1.52. The van der Waals surface area contributed by atoms with Crippen LogP contribution in [0, 0.1) is 0 Å². The number of hydrogen-bond acceptors (Lipinski definition) is 1. The molecule has 1 nitrogen and oxygen atoms in total. The maximum atomic E-state index is 2.35. The predicted molar refractivity (Wildman–Crippen MR) is 56.5 cm³/mol. The molecule has 0 radical (unpaired) electrons. The van der Waals surface area contributed by atoms with Gasteiger partial charge < -0.3 is 0 Å². The average Bonchev–Trinajstić information content (AvgIpc) is 2.49. The van der Waals surface area contributed by atoms with Gasteiger partial charge in [-0.3, -0.25) is 4.90 Å². The van der Waals surface area contributed by atoms with Crippen molar-refractivity contribution in [2.45, 2.75) is 13.0 Å². The van der Waals surface area contributed by atoms with Crippen LogP contribution in [0.3, 0.4) is 0 Å². The number of rotatable bonds is 1. The highest BCUT2D eigenvalue weighted by molar-refractivity contribution is 5.71. The first-order chi connectivity index (χ1) is 6.29. The lowest BCUT2D eigenvalue weighted by molar-refractivity contribution is 0.357. The summed E-state index contributed by atoms with van der Waals surface area (Å²) in [6.07, 6.45) is 2.32. The van der Waals surface area contributed by atoms with E-state index in [0.29, 0.717) is 6.04 Å². The predicted octanol–water partition coefficient (Wildman–Crippen LogP) is 2.40. The van der Waals surface area contributed by atoms with Crippen LogP contribution in [0.25, 0.3) is 5.57 Å². The van der Waals surface area contributed by atoms with E-state index in [-0.39, 0.29) is 0 Å². The molecule has 1 aromatic carbocycles. The zero-order valence-corrected chi connectivity index (χ0v) is 8.20. The fourth-order valence-electron chi connectivity index (χ4n) is 1.80. The van der Waals surface area contributed by atoms with Crippen molar-refractivity contribution in [3.8, 4) is 0 Å². The van der Waals surface area contributed by atoms with Crippen molar-refractivity contribution in [2.24, 2.45) is 0 Å². The van der Waals surface area contributed by atoms with Crippen LogP contribution in [0.15, 0.2) is 36.4 Å². The molecule has 1 heteroatoms. The zero-order valence-electron chi connectivity index (χ0n) is 8.20. The molecule has 0 fully saturated rings. The second-order valence-corrected chi connectivity index (χ2v) is 3.64. The highest BCUT2D eigenvalue weighted by Gasteiger charge is 2.20. The highest BCUT2D eigenvalue weighted by atomic mass is 15.1. The molecule has 0 N–H and O–H groups in total. The van der Waals surface area contributed by atoms with Gasteiger partial charge in [0.15, 0.2) is 0 Å². The van der Waals surface area contributed by atoms with Crippen molar-refractivity contribution in [2.75, 3.05) is 13.6 Å². The third-order valence-corrected chi connectivity index (χ3v) is 2.82. The molecule has 0 saturated heterocycles. The monoisotopic (exact) mass is 173 g/mol. The first kappa shape index (κ1) is 8.52. The van der Waals surface area contributed by atoms with E-state index in [0.717, 1.165) is 6.54 Å². The maximum Gasteiger partial charge on any atom is 0.0323 e. The summed E-state index contributed by atoms with van der Waals surface area (Å²) in [6.45, 7) is 3.33. The normalized spacial score (nSPS) is 23.2. The Bertz CT molecular complexity index is 313. The molecule has 0 spiro atoms. The van der Waals surface area contributed by atoms with E-state index in [1.54, 1.807) is 0 Å². The molecule has 0 saturated carbocycles. The second kappa shape index (κ2) is 3.35. The summed E-state index contributed by atoms with van der Waals surface area (Å²) in [4.78, 5) is 2.35. The Kier molecular flexibility index (Phi) is 2.19. The van der Waals surface area contributed by atoms with Gasteiger partial charge in [0.05, 0.1) is 0 Å². The quantitative estimate of drug-likeness (QED) is 0.630. The number of likely N-dealkylation sites (N-methyl/N-ethyl adjacent to an activating group) is 1. The van der Waals surface area contributed by atoms with E-state index in [1.165, 1.54) is 11.1 Å². The van der Waals surface area contributed by atoms with Crippen LogP contribution in [0.5, 0.6) is 0 Å². The van der Waals surface area contributed by atoms with E-state index in [1.807, 2.05) is 0 Å². The van der Waals surface area contributed by atoms with E-state index < -0.39 is 0 Å². The standard InChI is InChI=1S/C12H15N/c1-10-12(8-9-13(10)2)11-6-4-3-5-7-11/h3-8,10H,9H2,1-2H3/t10-/m1/s1. The van der Waals surface area contributed by atoms with Gasteiger partial charge in [0.1, 0.15) is 0 Å². The molecule has 13 heavy (non-hydrogen) atoms. The van der Waals surface area contributed by atoms with Gasteiger partial charge in [-0.25, -0.2) is 0 Å². The lowest BCUT2D eigenvalue weighted by atomic mass is 10.0. The average molecular weight is 173 g/mol. The Morgan fingerprint density at radius 1 is 1.23 bits per heavy atom. The molecule has 1 atom stereocenters. The van der Waals surface area contributed by atoms with Crippen molar-refractivity contribution >= 4 is 5.57 Å². The van der Waals surface area contributed by atoms with Crippen molar-refractivity contribution < 1.29 is 0 Å². The minimum absolute atomic E-state index is 0.558. The van der Waals surface area contributed by atoms with E-state index >= 15 is 0 Å². The summed E-state index contributed by atoms with van der Waals surface area (Å²) < 4.78 is 0. The molecule has 1 heterocycles. The first-order valence-electron chi connectivity index (χ1n) is 4.75. The van der Waals surface area contributed by atoms with Crippen LogP contribution in [-0.4, -0.2) is 24.5 Å². The lowest BCUT2D eigenvalue weighted by Gasteiger charge is -2.18. The van der Waals surface area contributed by atoms with Crippen LogP contribution in [-0.2, 0) is 0 Å². The van der Waals surface area contributed by atoms with Crippen LogP contribution in [0.4, 0.5) is 0 Å². The molecule has 1 aromatic rings. The van der Waals surface area contributed by atoms with Gasteiger partial charge in [0.2, 0.25) is 0 Å². The fourth-order valence-corrected chi connectivity index (χ4v) is 1.80. The number of benzene rings is 1. The van der Waals surface area contributed by atoms with Crippen LogP contribution in [0.2, 0.25) is 0 Å². The molecule has 0 bridgehead atoms. The third-order valence-electron chi connectivity index (χ3n) is 2.82. The van der Waals surface area contributed by atoms with Crippen LogP contribution >= 0.6 is 0 Å². The largest absolute Gasteiger partial charge is 0.296 e. The minimum atomic E-state index is 0.558. The van der Waals surface area contributed by atoms with Crippen LogP contribution < -0.4 is 0 Å². The van der Waals surface area contributed by atoms with Gasteiger partial charge in [0.25, 0.3) is 0 Å². The Labute approximate surface area is 79.7 Å². The first-order valence-corrected chi connectivity index (χ1v) is 4.75. The maximum absolute atomic E-state index is 2.35. The Morgan fingerprint density at radius 2 is 1.92 bits per heavy atom. The SMILES string of the molecule is C[C@@H]1C(c2ccccc2)=CCN1C. The molecule has 1 aliphatic rings. The topological polar surface area (TPSA) is 3.24 Å². The summed E-state index contributed by atoms with van der Waals surface area (Å²) in [5.74, 6) is 0. The van der Waals surface area contributed by atoms with Crippen molar-refractivity contribution in [1.29, 1.82) is 0 Å². The van der Waals surface area contributed by atoms with E-state index in [4.69, 9.17) is 0 Å². The molecule has 68 valence electrons.